The Balaban J connectivity index is 1.74. The van der Waals surface area contributed by atoms with Gasteiger partial charge in [-0.3, -0.25) is 4.79 Å². The van der Waals surface area contributed by atoms with Crippen LogP contribution in [0.3, 0.4) is 0 Å². The summed E-state index contributed by atoms with van der Waals surface area (Å²) >= 11 is 0. The Hall–Kier alpha value is -2.82. The molecular formula is C25H34N2O3. The zero-order valence-corrected chi connectivity index (χ0v) is 18.4. The minimum Gasteiger partial charge on any atom is -0.497 e. The minimum absolute atomic E-state index is 0.258. The number of carbonyl (C=O) groups excluding carboxylic acids is 1. The molecule has 0 aliphatic rings. The lowest BCUT2D eigenvalue weighted by Crippen LogP contribution is -2.19. The smallest absolute Gasteiger partial charge is 0.271 e. The van der Waals surface area contributed by atoms with E-state index in [4.69, 9.17) is 9.47 Å². The van der Waals surface area contributed by atoms with E-state index in [1.54, 1.807) is 31.4 Å². The highest BCUT2D eigenvalue weighted by Crippen LogP contribution is 2.15. The predicted octanol–water partition coefficient (Wildman–Crippen LogP) is 5.98. The van der Waals surface area contributed by atoms with E-state index in [-0.39, 0.29) is 5.91 Å². The van der Waals surface area contributed by atoms with Gasteiger partial charge >= 0.3 is 0 Å². The van der Waals surface area contributed by atoms with Crippen LogP contribution in [0.1, 0.15) is 74.7 Å². The fourth-order valence-corrected chi connectivity index (χ4v) is 3.05. The number of hydrogen-bond donors (Lipinski definition) is 1. The first-order valence-corrected chi connectivity index (χ1v) is 10.9. The van der Waals surface area contributed by atoms with Gasteiger partial charge in [-0.2, -0.15) is 5.10 Å². The molecule has 0 fully saturated rings. The molecule has 0 unspecified atom stereocenters. The maximum Gasteiger partial charge on any atom is 0.271 e. The van der Waals surface area contributed by atoms with Gasteiger partial charge in [-0.05, 0) is 67.4 Å². The molecule has 2 aromatic carbocycles. The number of methoxy groups -OCH3 is 1. The van der Waals surface area contributed by atoms with Crippen molar-refractivity contribution in [2.24, 2.45) is 5.10 Å². The second-order valence-corrected chi connectivity index (χ2v) is 7.36. The molecule has 2 rings (SSSR count). The van der Waals surface area contributed by atoms with Gasteiger partial charge in [0, 0.05) is 5.56 Å². The Morgan fingerprint density at radius 2 is 1.40 bits per heavy atom. The number of rotatable bonds is 13. The summed E-state index contributed by atoms with van der Waals surface area (Å²) in [5.41, 5.74) is 4.79. The number of amides is 1. The van der Waals surface area contributed by atoms with Crippen molar-refractivity contribution in [1.82, 2.24) is 5.43 Å². The van der Waals surface area contributed by atoms with Crippen molar-refractivity contribution in [2.45, 2.75) is 58.8 Å². The Labute approximate surface area is 180 Å². The van der Waals surface area contributed by atoms with Crippen LogP contribution < -0.4 is 14.9 Å². The fraction of sp³-hybridized carbons (Fsp3) is 0.440. The van der Waals surface area contributed by atoms with Gasteiger partial charge in [-0.15, -0.1) is 0 Å². The van der Waals surface area contributed by atoms with Crippen LogP contribution in [-0.2, 0) is 0 Å². The predicted molar refractivity (Wildman–Crippen MR) is 123 cm³/mol. The van der Waals surface area contributed by atoms with E-state index in [0.717, 1.165) is 30.1 Å². The second kappa shape index (κ2) is 13.4. The molecule has 5 nitrogen and oxygen atoms in total. The van der Waals surface area contributed by atoms with Crippen LogP contribution >= 0.6 is 0 Å². The number of unbranched alkanes of at least 4 members (excludes halogenated alkanes) is 6. The molecule has 0 saturated carbocycles. The van der Waals surface area contributed by atoms with Gasteiger partial charge in [0.25, 0.3) is 5.91 Å². The Morgan fingerprint density at radius 1 is 0.833 bits per heavy atom. The van der Waals surface area contributed by atoms with Crippen molar-refractivity contribution in [2.75, 3.05) is 13.7 Å². The molecule has 30 heavy (non-hydrogen) atoms. The average Bonchev–Trinajstić information content (AvgIpc) is 2.79. The Morgan fingerprint density at radius 3 is 2.03 bits per heavy atom. The number of hydrazone groups is 1. The van der Waals surface area contributed by atoms with Crippen molar-refractivity contribution >= 4 is 11.6 Å². The summed E-state index contributed by atoms with van der Waals surface area (Å²) in [5.74, 6) is 1.31. The molecule has 162 valence electrons. The summed E-state index contributed by atoms with van der Waals surface area (Å²) in [6.45, 7) is 4.85. The molecule has 0 aliphatic carbocycles. The molecule has 0 aliphatic heterocycles. The summed E-state index contributed by atoms with van der Waals surface area (Å²) in [4.78, 5) is 12.2. The molecular weight excluding hydrogens is 376 g/mol. The SMILES string of the molecule is CCCCCCCCCOc1ccc(/C(C)=N\NC(=O)c2ccc(OC)cc2)cc1. The first-order chi connectivity index (χ1) is 14.6. The van der Waals surface area contributed by atoms with Crippen LogP contribution in [0.2, 0.25) is 0 Å². The minimum atomic E-state index is -0.258. The van der Waals surface area contributed by atoms with Gasteiger partial charge < -0.3 is 9.47 Å². The number of ether oxygens (including phenoxy) is 2. The largest absolute Gasteiger partial charge is 0.497 e. The van der Waals surface area contributed by atoms with Crippen LogP contribution in [0.5, 0.6) is 11.5 Å². The zero-order chi connectivity index (χ0) is 21.6. The topological polar surface area (TPSA) is 59.9 Å². The van der Waals surface area contributed by atoms with Crippen LogP contribution in [0, 0.1) is 0 Å². The van der Waals surface area contributed by atoms with Crippen molar-refractivity contribution in [1.29, 1.82) is 0 Å². The van der Waals surface area contributed by atoms with Gasteiger partial charge in [0.15, 0.2) is 0 Å². The first-order valence-electron chi connectivity index (χ1n) is 10.9. The molecule has 0 heterocycles. The monoisotopic (exact) mass is 410 g/mol. The number of carbonyl (C=O) groups is 1. The van der Waals surface area contributed by atoms with Crippen LogP contribution in [0.4, 0.5) is 0 Å². The highest BCUT2D eigenvalue weighted by atomic mass is 16.5. The average molecular weight is 411 g/mol. The van der Waals surface area contributed by atoms with E-state index in [2.05, 4.69) is 17.5 Å². The fourth-order valence-electron chi connectivity index (χ4n) is 3.05. The number of hydrogen-bond acceptors (Lipinski definition) is 4. The molecule has 0 aromatic heterocycles. The second-order valence-electron chi connectivity index (χ2n) is 7.36. The van der Waals surface area contributed by atoms with Crippen LogP contribution in [0.25, 0.3) is 0 Å². The lowest BCUT2D eigenvalue weighted by Gasteiger charge is -2.08. The van der Waals surface area contributed by atoms with Crippen LogP contribution in [0.15, 0.2) is 53.6 Å². The number of nitrogens with one attached hydrogen (secondary N) is 1. The van der Waals surface area contributed by atoms with E-state index in [9.17, 15) is 4.79 Å². The first kappa shape index (κ1) is 23.5. The summed E-state index contributed by atoms with van der Waals surface area (Å²) < 4.78 is 10.9. The van der Waals surface area contributed by atoms with Crippen molar-refractivity contribution in [3.63, 3.8) is 0 Å². The quantitative estimate of drug-likeness (QED) is 0.251. The van der Waals surface area contributed by atoms with E-state index in [0.29, 0.717) is 11.3 Å². The Kier molecular flexibility index (Phi) is 10.5. The summed E-state index contributed by atoms with van der Waals surface area (Å²) in [6.07, 6.45) is 8.92. The third-order valence-electron chi connectivity index (χ3n) is 4.97. The molecule has 0 saturated heterocycles. The van der Waals surface area contributed by atoms with Gasteiger partial charge in [0.1, 0.15) is 11.5 Å². The molecule has 1 N–H and O–H groups in total. The number of nitrogens with zero attached hydrogens (tertiary/aromatic N) is 1. The van der Waals surface area contributed by atoms with Gasteiger partial charge in [0.2, 0.25) is 0 Å². The summed E-state index contributed by atoms with van der Waals surface area (Å²) in [5, 5.41) is 4.21. The molecule has 0 radical (unpaired) electrons. The van der Waals surface area contributed by atoms with Crippen LogP contribution in [-0.4, -0.2) is 25.3 Å². The lowest BCUT2D eigenvalue weighted by atomic mass is 10.1. The molecule has 0 spiro atoms. The van der Waals surface area contributed by atoms with Crippen molar-refractivity contribution < 1.29 is 14.3 Å². The normalized spacial score (nSPS) is 11.2. The zero-order valence-electron chi connectivity index (χ0n) is 18.4. The van der Waals surface area contributed by atoms with E-state index in [1.165, 1.54) is 38.5 Å². The lowest BCUT2D eigenvalue weighted by molar-refractivity contribution is 0.0955. The molecule has 1 amide bonds. The summed E-state index contributed by atoms with van der Waals surface area (Å²) in [6, 6.07) is 14.7. The molecule has 0 bridgehead atoms. The highest BCUT2D eigenvalue weighted by Gasteiger charge is 2.05. The van der Waals surface area contributed by atoms with E-state index >= 15 is 0 Å². The molecule has 5 heteroatoms. The van der Waals surface area contributed by atoms with E-state index < -0.39 is 0 Å². The highest BCUT2D eigenvalue weighted by molar-refractivity contribution is 6.00. The molecule has 2 aromatic rings. The van der Waals surface area contributed by atoms with Crippen molar-refractivity contribution in [3.8, 4) is 11.5 Å². The number of benzene rings is 2. The van der Waals surface area contributed by atoms with E-state index in [1.807, 2.05) is 31.2 Å². The summed E-state index contributed by atoms with van der Waals surface area (Å²) in [7, 11) is 1.59. The van der Waals surface area contributed by atoms with Gasteiger partial charge in [0.05, 0.1) is 19.4 Å². The third-order valence-corrected chi connectivity index (χ3v) is 4.97. The molecule has 0 atom stereocenters. The maximum absolute atomic E-state index is 12.2. The maximum atomic E-state index is 12.2. The van der Waals surface area contributed by atoms with Crippen molar-refractivity contribution in [3.05, 3.63) is 59.7 Å². The van der Waals surface area contributed by atoms with Gasteiger partial charge in [-0.25, -0.2) is 5.43 Å². The Bertz CT molecular complexity index is 783. The standard InChI is InChI=1S/C25H34N2O3/c1-4-5-6-7-8-9-10-19-30-24-17-11-21(12-18-24)20(2)26-27-25(28)22-13-15-23(29-3)16-14-22/h11-18H,4-10,19H2,1-3H3,(H,27,28)/b26-20-. The third kappa shape index (κ3) is 8.27. The van der Waals surface area contributed by atoms with Gasteiger partial charge in [-0.1, -0.05) is 45.4 Å².